The van der Waals surface area contributed by atoms with Crippen molar-refractivity contribution < 1.29 is 14.3 Å². The van der Waals surface area contributed by atoms with Crippen LogP contribution in [0.1, 0.15) is 25.7 Å². The highest BCUT2D eigenvalue weighted by Gasteiger charge is 2.42. The molecule has 0 bridgehead atoms. The summed E-state index contributed by atoms with van der Waals surface area (Å²) in [6.07, 6.45) is 3.25. The molecule has 1 saturated carbocycles. The molecule has 1 saturated heterocycles. The molecule has 0 spiro atoms. The predicted molar refractivity (Wildman–Crippen MR) is 49.7 cm³/mol. The molecule has 0 radical (unpaired) electrons. The lowest BCUT2D eigenvalue weighted by atomic mass is 9.84. The Kier molecular flexibility index (Phi) is 2.54. The number of Topliss-reactive ketones (excluding diaryl/α,β-unsaturated/α-hetero) is 1. The van der Waals surface area contributed by atoms with Gasteiger partial charge in [0.05, 0.1) is 7.11 Å². The normalized spacial score (nSPS) is 36.6. The van der Waals surface area contributed by atoms with Crippen molar-refractivity contribution in [3.8, 4) is 0 Å². The lowest BCUT2D eigenvalue weighted by Gasteiger charge is -2.22. The first-order valence-corrected chi connectivity index (χ1v) is 5.09. The van der Waals surface area contributed by atoms with Gasteiger partial charge in [0, 0.05) is 18.4 Å². The largest absolute Gasteiger partial charge is 0.468 e. The number of carbonyl (C=O) groups excluding carboxylic acids is 2. The van der Waals surface area contributed by atoms with Gasteiger partial charge in [-0.1, -0.05) is 0 Å². The molecule has 0 aromatic carbocycles. The molecule has 4 heteroatoms. The van der Waals surface area contributed by atoms with Crippen LogP contribution in [0.4, 0.5) is 0 Å². The summed E-state index contributed by atoms with van der Waals surface area (Å²) in [5.41, 5.74) is 0. The van der Waals surface area contributed by atoms with E-state index in [1.54, 1.807) is 0 Å². The van der Waals surface area contributed by atoms with E-state index in [1.165, 1.54) is 7.11 Å². The topological polar surface area (TPSA) is 55.4 Å². The first-order chi connectivity index (χ1) is 6.72. The van der Waals surface area contributed by atoms with Gasteiger partial charge in [0.2, 0.25) is 0 Å². The van der Waals surface area contributed by atoms with Crippen molar-refractivity contribution in [2.45, 2.75) is 37.8 Å². The third-order valence-electron chi connectivity index (χ3n) is 3.23. The van der Waals surface area contributed by atoms with E-state index < -0.39 is 0 Å². The Morgan fingerprint density at radius 2 is 2.36 bits per heavy atom. The van der Waals surface area contributed by atoms with Gasteiger partial charge in [-0.05, 0) is 19.3 Å². The zero-order chi connectivity index (χ0) is 10.1. The van der Waals surface area contributed by atoms with Gasteiger partial charge >= 0.3 is 5.97 Å². The summed E-state index contributed by atoms with van der Waals surface area (Å²) >= 11 is 0. The minimum atomic E-state index is -0.267. The highest BCUT2D eigenvalue weighted by atomic mass is 16.5. The molecule has 2 aliphatic rings. The second kappa shape index (κ2) is 3.69. The highest BCUT2D eigenvalue weighted by Crippen LogP contribution is 2.31. The molecular formula is C10H15NO3. The lowest BCUT2D eigenvalue weighted by Crippen LogP contribution is -2.39. The van der Waals surface area contributed by atoms with Crippen LogP contribution in [0.2, 0.25) is 0 Å². The van der Waals surface area contributed by atoms with Crippen LogP contribution in [-0.2, 0) is 14.3 Å². The Hall–Kier alpha value is -0.900. The molecule has 78 valence electrons. The van der Waals surface area contributed by atoms with Crippen LogP contribution in [-0.4, -0.2) is 30.9 Å². The maximum atomic E-state index is 11.5. The van der Waals surface area contributed by atoms with Gasteiger partial charge < -0.3 is 10.1 Å². The van der Waals surface area contributed by atoms with Crippen LogP contribution >= 0.6 is 0 Å². The average molecular weight is 197 g/mol. The number of carbonyl (C=O) groups is 2. The van der Waals surface area contributed by atoms with Gasteiger partial charge in [0.1, 0.15) is 11.8 Å². The molecule has 0 aromatic rings. The van der Waals surface area contributed by atoms with E-state index in [-0.39, 0.29) is 24.0 Å². The maximum absolute atomic E-state index is 11.5. The average Bonchev–Trinajstić information content (AvgIpc) is 2.62. The van der Waals surface area contributed by atoms with Gasteiger partial charge in [-0.2, -0.15) is 0 Å². The van der Waals surface area contributed by atoms with Crippen molar-refractivity contribution in [2.24, 2.45) is 5.92 Å². The summed E-state index contributed by atoms with van der Waals surface area (Å²) in [5, 5.41) is 3.18. The monoisotopic (exact) mass is 197 g/mol. The van der Waals surface area contributed by atoms with E-state index in [4.69, 9.17) is 0 Å². The Balaban J connectivity index is 2.04. The Labute approximate surface area is 83.0 Å². The van der Waals surface area contributed by atoms with Gasteiger partial charge in [0.15, 0.2) is 0 Å². The summed E-state index contributed by atoms with van der Waals surface area (Å²) in [6, 6.07) is -0.0580. The first-order valence-electron chi connectivity index (χ1n) is 5.09. The molecule has 2 rings (SSSR count). The molecule has 0 aromatic heterocycles. The predicted octanol–water partition coefficient (Wildman–Crippen LogP) is 0.259. The summed E-state index contributed by atoms with van der Waals surface area (Å²) in [4.78, 5) is 22.8. The number of esters is 1. The number of hydrogen-bond acceptors (Lipinski definition) is 4. The van der Waals surface area contributed by atoms with Crippen molar-refractivity contribution in [1.82, 2.24) is 5.32 Å². The molecule has 0 amide bonds. The van der Waals surface area contributed by atoms with E-state index in [0.717, 1.165) is 12.8 Å². The summed E-state index contributed by atoms with van der Waals surface area (Å²) in [5.74, 6) is 0.111. The van der Waals surface area contributed by atoms with Crippen LogP contribution in [0.15, 0.2) is 0 Å². The molecule has 1 heterocycles. The first kappa shape index (κ1) is 9.65. The second-order valence-corrected chi connectivity index (χ2v) is 4.05. The van der Waals surface area contributed by atoms with Crippen molar-refractivity contribution in [3.05, 3.63) is 0 Å². The Bertz CT molecular complexity index is 264. The molecule has 3 atom stereocenters. The molecule has 1 N–H and O–H groups in total. The number of methoxy groups -OCH3 is 1. The van der Waals surface area contributed by atoms with E-state index >= 15 is 0 Å². The van der Waals surface area contributed by atoms with Crippen LogP contribution in [0, 0.1) is 5.92 Å². The number of hydrogen-bond donors (Lipinski definition) is 1. The number of ether oxygens (including phenoxy) is 1. The van der Waals surface area contributed by atoms with Crippen LogP contribution < -0.4 is 5.32 Å². The minimum Gasteiger partial charge on any atom is -0.468 e. The highest BCUT2D eigenvalue weighted by molar-refractivity contribution is 5.85. The van der Waals surface area contributed by atoms with Crippen LogP contribution in [0.3, 0.4) is 0 Å². The number of ketones is 1. The van der Waals surface area contributed by atoms with Crippen LogP contribution in [0.25, 0.3) is 0 Å². The minimum absolute atomic E-state index is 0.0489. The fraction of sp³-hybridized carbons (Fsp3) is 0.800. The Morgan fingerprint density at radius 1 is 1.57 bits per heavy atom. The van der Waals surface area contributed by atoms with Crippen molar-refractivity contribution in [1.29, 1.82) is 0 Å². The van der Waals surface area contributed by atoms with Gasteiger partial charge in [-0.15, -0.1) is 0 Å². The zero-order valence-corrected chi connectivity index (χ0v) is 8.29. The molecular weight excluding hydrogens is 182 g/mol. The fourth-order valence-corrected chi connectivity index (χ4v) is 2.49. The van der Waals surface area contributed by atoms with Gasteiger partial charge in [-0.3, -0.25) is 9.59 Å². The van der Waals surface area contributed by atoms with Gasteiger partial charge in [0.25, 0.3) is 0 Å². The third-order valence-corrected chi connectivity index (χ3v) is 3.23. The van der Waals surface area contributed by atoms with E-state index in [0.29, 0.717) is 18.6 Å². The summed E-state index contributed by atoms with van der Waals surface area (Å²) in [6.45, 7) is 0. The van der Waals surface area contributed by atoms with Gasteiger partial charge in [-0.25, -0.2) is 0 Å². The Morgan fingerprint density at radius 3 is 3.00 bits per heavy atom. The standard InChI is InChI=1S/C10H15NO3/c1-14-10(13)8-5-6-7(11-8)3-2-4-9(6)12/h6-8,11H,2-5H2,1H3/t6-,7+,8-/m0/s1. The van der Waals surface area contributed by atoms with Crippen molar-refractivity contribution in [2.75, 3.05) is 7.11 Å². The summed E-state index contributed by atoms with van der Waals surface area (Å²) < 4.78 is 4.66. The van der Waals surface area contributed by atoms with Crippen LogP contribution in [0.5, 0.6) is 0 Å². The SMILES string of the molecule is COC(=O)[C@@H]1C[C@@H]2C(=O)CCC[C@H]2N1. The smallest absolute Gasteiger partial charge is 0.322 e. The van der Waals surface area contributed by atoms with E-state index in [9.17, 15) is 9.59 Å². The summed E-state index contributed by atoms with van der Waals surface area (Å²) in [7, 11) is 1.38. The lowest BCUT2D eigenvalue weighted by molar-refractivity contribution is -0.142. The molecule has 1 aliphatic heterocycles. The second-order valence-electron chi connectivity index (χ2n) is 4.05. The van der Waals surface area contributed by atoms with E-state index in [1.807, 2.05) is 0 Å². The third kappa shape index (κ3) is 1.54. The number of rotatable bonds is 1. The number of fused-ring (bicyclic) bond motifs is 1. The molecule has 4 nitrogen and oxygen atoms in total. The molecule has 1 aliphatic carbocycles. The molecule has 0 unspecified atom stereocenters. The molecule has 14 heavy (non-hydrogen) atoms. The molecule has 2 fully saturated rings. The maximum Gasteiger partial charge on any atom is 0.322 e. The number of nitrogens with one attached hydrogen (secondary N) is 1. The zero-order valence-electron chi connectivity index (χ0n) is 8.29. The quantitative estimate of drug-likeness (QED) is 0.613. The van der Waals surface area contributed by atoms with E-state index in [2.05, 4.69) is 10.1 Å². The van der Waals surface area contributed by atoms with Crippen molar-refractivity contribution >= 4 is 11.8 Å². The fourth-order valence-electron chi connectivity index (χ4n) is 2.49. The van der Waals surface area contributed by atoms with Crippen molar-refractivity contribution in [3.63, 3.8) is 0 Å².